The van der Waals surface area contributed by atoms with Crippen molar-refractivity contribution in [3.05, 3.63) is 77.5 Å². The molecule has 3 nitrogen and oxygen atoms in total. The predicted molar refractivity (Wildman–Crippen MR) is 97.5 cm³/mol. The Morgan fingerprint density at radius 3 is 2.58 bits per heavy atom. The number of aromatic amines is 1. The summed E-state index contributed by atoms with van der Waals surface area (Å²) in [5, 5.41) is 0.863. The molecule has 3 aromatic rings. The van der Waals surface area contributed by atoms with Crippen LogP contribution in [0.5, 0.6) is 0 Å². The zero-order valence-electron chi connectivity index (χ0n) is 14.1. The van der Waals surface area contributed by atoms with Gasteiger partial charge in [-0.1, -0.05) is 18.2 Å². The lowest BCUT2D eigenvalue weighted by Crippen LogP contribution is -2.35. The summed E-state index contributed by atoms with van der Waals surface area (Å²) in [6.07, 6.45) is 4.91. The highest BCUT2D eigenvalue weighted by Gasteiger charge is 2.19. The number of H-pyrrole nitrogens is 1. The van der Waals surface area contributed by atoms with Gasteiger partial charge in [-0.2, -0.15) is 0 Å². The maximum Gasteiger partial charge on any atom is 0.227 e. The molecule has 1 amide bonds. The Morgan fingerprint density at radius 1 is 1.08 bits per heavy atom. The van der Waals surface area contributed by atoms with Crippen molar-refractivity contribution >= 4 is 22.4 Å². The normalized spacial score (nSPS) is 14.5. The highest BCUT2D eigenvalue weighted by Crippen LogP contribution is 2.29. The highest BCUT2D eigenvalue weighted by molar-refractivity contribution is 5.93. The minimum absolute atomic E-state index is 0.0249. The second-order valence-corrected chi connectivity index (χ2v) is 6.51. The molecule has 1 aliphatic rings. The van der Waals surface area contributed by atoms with E-state index in [1.54, 1.807) is 23.1 Å². The van der Waals surface area contributed by atoms with Crippen molar-refractivity contribution in [1.82, 2.24) is 9.88 Å². The van der Waals surface area contributed by atoms with E-state index in [9.17, 15) is 13.6 Å². The van der Waals surface area contributed by atoms with Crippen LogP contribution in [0, 0.1) is 11.6 Å². The van der Waals surface area contributed by atoms with Gasteiger partial charge in [0, 0.05) is 35.8 Å². The van der Waals surface area contributed by atoms with Gasteiger partial charge in [-0.15, -0.1) is 0 Å². The smallest absolute Gasteiger partial charge is 0.227 e. The molecule has 1 N–H and O–H groups in total. The van der Waals surface area contributed by atoms with Crippen LogP contribution in [0.2, 0.25) is 0 Å². The molecule has 2 aromatic carbocycles. The Balaban J connectivity index is 1.48. The third-order valence-electron chi connectivity index (χ3n) is 4.82. The van der Waals surface area contributed by atoms with Crippen molar-refractivity contribution in [2.45, 2.75) is 12.8 Å². The molecule has 0 saturated carbocycles. The van der Waals surface area contributed by atoms with Crippen molar-refractivity contribution in [2.75, 3.05) is 13.1 Å². The summed E-state index contributed by atoms with van der Waals surface area (Å²) in [5.74, 6) is -0.537. The quantitative estimate of drug-likeness (QED) is 0.749. The van der Waals surface area contributed by atoms with E-state index < -0.39 is 0 Å². The van der Waals surface area contributed by atoms with Crippen LogP contribution in [0.1, 0.15) is 17.5 Å². The number of benzene rings is 2. The molecule has 1 aliphatic heterocycles. The van der Waals surface area contributed by atoms with Crippen LogP contribution in [-0.4, -0.2) is 28.9 Å². The minimum Gasteiger partial charge on any atom is -0.361 e. The van der Waals surface area contributed by atoms with Gasteiger partial charge >= 0.3 is 0 Å². The Hall–Kier alpha value is -2.95. The number of halogens is 2. The third-order valence-corrected chi connectivity index (χ3v) is 4.82. The van der Waals surface area contributed by atoms with Crippen molar-refractivity contribution in [3.8, 4) is 0 Å². The third kappa shape index (κ3) is 3.25. The number of fused-ring (bicyclic) bond motifs is 1. The molecule has 5 heteroatoms. The molecule has 26 heavy (non-hydrogen) atoms. The number of carbonyl (C=O) groups is 1. The van der Waals surface area contributed by atoms with Gasteiger partial charge in [0.05, 0.1) is 6.42 Å². The zero-order chi connectivity index (χ0) is 18.1. The second-order valence-electron chi connectivity index (χ2n) is 6.51. The summed E-state index contributed by atoms with van der Waals surface area (Å²) in [6.45, 7) is 1.14. The van der Waals surface area contributed by atoms with E-state index in [1.165, 1.54) is 24.3 Å². The van der Waals surface area contributed by atoms with E-state index >= 15 is 0 Å². The van der Waals surface area contributed by atoms with E-state index in [1.807, 2.05) is 12.3 Å². The number of nitrogens with zero attached hydrogens (tertiary/aromatic N) is 1. The molecule has 0 aliphatic carbocycles. The fourth-order valence-corrected chi connectivity index (χ4v) is 3.39. The standard InChI is InChI=1S/C21H18F2N2O/c22-16-3-1-14(2-4-16)11-21(26)25-9-7-15(8-10-25)19-13-24-20-6-5-17(23)12-18(19)20/h1-7,12-13,24H,8-11H2. The molecule has 0 fully saturated rings. The van der Waals surface area contributed by atoms with E-state index in [0.717, 1.165) is 34.0 Å². The molecular weight excluding hydrogens is 334 g/mol. The van der Waals surface area contributed by atoms with Crippen LogP contribution in [0.4, 0.5) is 8.78 Å². The van der Waals surface area contributed by atoms with E-state index in [2.05, 4.69) is 4.98 Å². The Morgan fingerprint density at radius 2 is 1.85 bits per heavy atom. The van der Waals surface area contributed by atoms with Crippen LogP contribution < -0.4 is 0 Å². The number of carbonyl (C=O) groups excluding carboxylic acids is 1. The number of hydrogen-bond donors (Lipinski definition) is 1. The van der Waals surface area contributed by atoms with Gasteiger partial charge in [-0.05, 0) is 47.9 Å². The fourth-order valence-electron chi connectivity index (χ4n) is 3.39. The first-order valence-corrected chi connectivity index (χ1v) is 8.58. The average molecular weight is 352 g/mol. The van der Waals surface area contributed by atoms with Crippen molar-refractivity contribution in [2.24, 2.45) is 0 Å². The lowest BCUT2D eigenvalue weighted by atomic mass is 9.98. The average Bonchev–Trinajstić information content (AvgIpc) is 3.06. The molecular formula is C21H18F2N2O. The predicted octanol–water partition coefficient (Wildman–Crippen LogP) is 4.30. The number of rotatable bonds is 3. The summed E-state index contributed by atoms with van der Waals surface area (Å²) in [5.41, 5.74) is 3.81. The number of amides is 1. The molecule has 0 bridgehead atoms. The van der Waals surface area contributed by atoms with Gasteiger partial charge in [-0.3, -0.25) is 4.79 Å². The zero-order valence-corrected chi connectivity index (χ0v) is 14.1. The summed E-state index contributed by atoms with van der Waals surface area (Å²) in [4.78, 5) is 17.4. The van der Waals surface area contributed by atoms with Gasteiger partial charge in [0.2, 0.25) is 5.91 Å². The number of hydrogen-bond acceptors (Lipinski definition) is 1. The fraction of sp³-hybridized carbons (Fsp3) is 0.190. The van der Waals surface area contributed by atoms with Gasteiger partial charge in [-0.25, -0.2) is 8.78 Å². The minimum atomic E-state index is -0.304. The molecule has 0 radical (unpaired) electrons. The largest absolute Gasteiger partial charge is 0.361 e. The monoisotopic (exact) mass is 352 g/mol. The Bertz CT molecular complexity index is 989. The van der Waals surface area contributed by atoms with E-state index in [-0.39, 0.29) is 24.0 Å². The molecule has 0 saturated heterocycles. The SMILES string of the molecule is O=C(Cc1ccc(F)cc1)N1CC=C(c2c[nH]c3ccc(F)cc23)CC1. The van der Waals surface area contributed by atoms with Crippen LogP contribution in [0.3, 0.4) is 0 Å². The van der Waals surface area contributed by atoms with Crippen LogP contribution in [0.15, 0.2) is 54.7 Å². The molecule has 2 heterocycles. The molecule has 0 spiro atoms. The first-order valence-electron chi connectivity index (χ1n) is 8.58. The van der Waals surface area contributed by atoms with Crippen molar-refractivity contribution < 1.29 is 13.6 Å². The lowest BCUT2D eigenvalue weighted by molar-refractivity contribution is -0.130. The molecule has 0 unspecified atom stereocenters. The second kappa shape index (κ2) is 6.75. The summed E-state index contributed by atoms with van der Waals surface area (Å²) in [7, 11) is 0. The summed E-state index contributed by atoms with van der Waals surface area (Å²) < 4.78 is 26.5. The van der Waals surface area contributed by atoms with Crippen molar-refractivity contribution in [3.63, 3.8) is 0 Å². The maximum atomic E-state index is 13.6. The van der Waals surface area contributed by atoms with E-state index in [4.69, 9.17) is 0 Å². The first kappa shape index (κ1) is 16.5. The first-order chi connectivity index (χ1) is 12.6. The molecule has 132 valence electrons. The maximum absolute atomic E-state index is 13.6. The molecule has 0 atom stereocenters. The highest BCUT2D eigenvalue weighted by atomic mass is 19.1. The lowest BCUT2D eigenvalue weighted by Gasteiger charge is -2.26. The molecule has 4 rings (SSSR count). The van der Waals surface area contributed by atoms with Crippen LogP contribution in [0.25, 0.3) is 16.5 Å². The van der Waals surface area contributed by atoms with Gasteiger partial charge in [0.1, 0.15) is 11.6 Å². The van der Waals surface area contributed by atoms with Crippen molar-refractivity contribution in [1.29, 1.82) is 0 Å². The topological polar surface area (TPSA) is 36.1 Å². The van der Waals surface area contributed by atoms with E-state index in [0.29, 0.717) is 13.1 Å². The Kier molecular flexibility index (Phi) is 4.29. The van der Waals surface area contributed by atoms with Gasteiger partial charge in [0.15, 0.2) is 0 Å². The summed E-state index contributed by atoms with van der Waals surface area (Å²) >= 11 is 0. The molecule has 1 aromatic heterocycles. The number of nitrogens with one attached hydrogen (secondary N) is 1. The Labute approximate surface area is 149 Å². The number of aromatic nitrogens is 1. The summed E-state index contributed by atoms with van der Waals surface area (Å²) in [6, 6.07) is 10.7. The van der Waals surface area contributed by atoms with Crippen LogP contribution in [-0.2, 0) is 11.2 Å². The van der Waals surface area contributed by atoms with Gasteiger partial charge in [0.25, 0.3) is 0 Å². The van der Waals surface area contributed by atoms with Crippen LogP contribution >= 0.6 is 0 Å². The van der Waals surface area contributed by atoms with Gasteiger partial charge < -0.3 is 9.88 Å².